The molecular weight excluding hydrogens is 432 g/mol. The van der Waals surface area contributed by atoms with Crippen molar-refractivity contribution in [3.63, 3.8) is 0 Å². The zero-order chi connectivity index (χ0) is 23.2. The summed E-state index contributed by atoms with van der Waals surface area (Å²) in [6.07, 6.45) is 7.33. The van der Waals surface area contributed by atoms with E-state index < -0.39 is 0 Å². The molecule has 3 aromatic heterocycles. The third-order valence-corrected chi connectivity index (χ3v) is 6.32. The van der Waals surface area contributed by atoms with Crippen LogP contribution in [0.1, 0.15) is 35.0 Å². The second-order valence-electron chi connectivity index (χ2n) is 8.75. The molecule has 0 aliphatic carbocycles. The summed E-state index contributed by atoms with van der Waals surface area (Å²) >= 11 is 0. The minimum absolute atomic E-state index is 0.0195. The van der Waals surface area contributed by atoms with Crippen LogP contribution in [0.25, 0.3) is 11.3 Å². The molecule has 0 radical (unpaired) electrons. The number of fused-ring (bicyclic) bond motifs is 2. The molecular formula is C25H24N6O3. The maximum atomic E-state index is 11.7. The van der Waals surface area contributed by atoms with Crippen molar-refractivity contribution in [2.75, 3.05) is 11.9 Å². The van der Waals surface area contributed by atoms with Gasteiger partial charge in [0, 0.05) is 37.0 Å². The molecule has 1 aromatic carbocycles. The van der Waals surface area contributed by atoms with Crippen molar-refractivity contribution in [3.8, 4) is 28.5 Å². The summed E-state index contributed by atoms with van der Waals surface area (Å²) in [7, 11) is 1.91. The molecule has 2 N–H and O–H groups in total. The van der Waals surface area contributed by atoms with Crippen LogP contribution >= 0.6 is 0 Å². The van der Waals surface area contributed by atoms with Crippen molar-refractivity contribution in [3.05, 3.63) is 65.5 Å². The van der Waals surface area contributed by atoms with E-state index in [-0.39, 0.29) is 11.8 Å². The van der Waals surface area contributed by atoms with Gasteiger partial charge in [-0.25, -0.2) is 9.97 Å². The van der Waals surface area contributed by atoms with E-state index in [1.807, 2.05) is 50.6 Å². The van der Waals surface area contributed by atoms with Crippen LogP contribution in [0.15, 0.2) is 42.9 Å². The number of aryl methyl sites for hydroxylation is 2. The van der Waals surface area contributed by atoms with E-state index in [4.69, 9.17) is 9.47 Å². The number of hydrogen-bond donors (Lipinski definition) is 2. The van der Waals surface area contributed by atoms with Crippen molar-refractivity contribution in [1.29, 1.82) is 0 Å². The summed E-state index contributed by atoms with van der Waals surface area (Å²) in [4.78, 5) is 24.1. The SMILES string of the molecule is Cc1nn(C)cc1-c1cnc(C2COc3ccc(Oc4ccnc5c4CCC(=O)N5)cc3C2)[nH]1. The van der Waals surface area contributed by atoms with Crippen LogP contribution in [0, 0.1) is 6.92 Å². The number of nitrogens with zero attached hydrogens (tertiary/aromatic N) is 4. The molecule has 172 valence electrons. The number of aromatic nitrogens is 5. The quantitative estimate of drug-likeness (QED) is 0.482. The van der Waals surface area contributed by atoms with Crippen molar-refractivity contribution in [1.82, 2.24) is 24.7 Å². The van der Waals surface area contributed by atoms with Crippen molar-refractivity contribution < 1.29 is 14.3 Å². The summed E-state index contributed by atoms with van der Waals surface area (Å²) in [5.41, 5.74) is 4.95. The standard InChI is InChI=1S/C25H24N6O3/c1-14-19(12-31(2)30-14)20-11-27-24(28-20)16-9-15-10-17(3-5-21(15)33-13-16)34-22-7-8-26-25-18(22)4-6-23(32)29-25/h3,5,7-8,10-12,16H,4,6,9,13H2,1-2H3,(H,27,28)(H,26,29,32). The molecule has 0 spiro atoms. The lowest BCUT2D eigenvalue weighted by Crippen LogP contribution is -2.20. The number of carbonyl (C=O) groups excluding carboxylic acids is 1. The highest BCUT2D eigenvalue weighted by Gasteiger charge is 2.25. The van der Waals surface area contributed by atoms with Crippen LogP contribution < -0.4 is 14.8 Å². The molecule has 9 heteroatoms. The fourth-order valence-corrected chi connectivity index (χ4v) is 4.63. The van der Waals surface area contributed by atoms with Crippen LogP contribution in [-0.4, -0.2) is 37.2 Å². The van der Waals surface area contributed by atoms with Crippen LogP contribution in [0.2, 0.25) is 0 Å². The van der Waals surface area contributed by atoms with Gasteiger partial charge in [0.05, 0.1) is 30.1 Å². The molecule has 1 amide bonds. The lowest BCUT2D eigenvalue weighted by molar-refractivity contribution is -0.116. The van der Waals surface area contributed by atoms with E-state index in [1.54, 1.807) is 10.9 Å². The lowest BCUT2D eigenvalue weighted by atomic mass is 9.96. The van der Waals surface area contributed by atoms with Gasteiger partial charge in [0.2, 0.25) is 5.91 Å². The Labute approximate surface area is 196 Å². The Morgan fingerprint density at radius 3 is 2.97 bits per heavy atom. The average molecular weight is 457 g/mol. The first-order chi connectivity index (χ1) is 16.5. The van der Waals surface area contributed by atoms with Crippen LogP contribution in [0.5, 0.6) is 17.2 Å². The van der Waals surface area contributed by atoms with Gasteiger partial charge in [0.15, 0.2) is 0 Å². The molecule has 0 bridgehead atoms. The molecule has 1 unspecified atom stereocenters. The number of ether oxygens (including phenoxy) is 2. The molecule has 0 saturated carbocycles. The third-order valence-electron chi connectivity index (χ3n) is 6.32. The van der Waals surface area contributed by atoms with Crippen molar-refractivity contribution in [2.45, 2.75) is 32.1 Å². The van der Waals surface area contributed by atoms with Crippen molar-refractivity contribution >= 4 is 11.7 Å². The van der Waals surface area contributed by atoms with E-state index in [2.05, 4.69) is 25.4 Å². The summed E-state index contributed by atoms with van der Waals surface area (Å²) < 4.78 is 14.1. The van der Waals surface area contributed by atoms with E-state index in [0.717, 1.165) is 51.8 Å². The molecule has 9 nitrogen and oxygen atoms in total. The van der Waals surface area contributed by atoms with Gasteiger partial charge in [0.25, 0.3) is 0 Å². The van der Waals surface area contributed by atoms with E-state index in [0.29, 0.717) is 31.0 Å². The van der Waals surface area contributed by atoms with Crippen molar-refractivity contribution in [2.24, 2.45) is 7.05 Å². The van der Waals surface area contributed by atoms with Gasteiger partial charge in [-0.1, -0.05) is 0 Å². The number of imidazole rings is 1. The Balaban J connectivity index is 1.23. The predicted octanol–water partition coefficient (Wildman–Crippen LogP) is 3.91. The van der Waals surface area contributed by atoms with Crippen LogP contribution in [0.4, 0.5) is 5.82 Å². The maximum absolute atomic E-state index is 11.7. The zero-order valence-corrected chi connectivity index (χ0v) is 19.0. The Morgan fingerprint density at radius 1 is 1.21 bits per heavy atom. The molecule has 1 atom stereocenters. The maximum Gasteiger partial charge on any atom is 0.225 e. The number of carbonyl (C=O) groups is 1. The van der Waals surface area contributed by atoms with E-state index in [9.17, 15) is 4.79 Å². The fourth-order valence-electron chi connectivity index (χ4n) is 4.63. The Bertz CT molecular complexity index is 1410. The molecule has 2 aliphatic heterocycles. The first-order valence-electron chi connectivity index (χ1n) is 11.3. The molecule has 34 heavy (non-hydrogen) atoms. The molecule has 0 fully saturated rings. The Kier molecular flexibility index (Phi) is 4.83. The van der Waals surface area contributed by atoms with E-state index in [1.165, 1.54) is 0 Å². The third kappa shape index (κ3) is 3.68. The Hall–Kier alpha value is -4.14. The zero-order valence-electron chi connectivity index (χ0n) is 19.0. The summed E-state index contributed by atoms with van der Waals surface area (Å²) in [5, 5.41) is 7.23. The van der Waals surface area contributed by atoms with Gasteiger partial charge in [-0.05, 0) is 49.6 Å². The van der Waals surface area contributed by atoms with E-state index >= 15 is 0 Å². The number of anilines is 1. The summed E-state index contributed by atoms with van der Waals surface area (Å²) in [6.45, 7) is 2.55. The van der Waals surface area contributed by atoms with Gasteiger partial charge in [-0.3, -0.25) is 9.48 Å². The smallest absolute Gasteiger partial charge is 0.225 e. The number of rotatable bonds is 4. The van der Waals surface area contributed by atoms with Crippen LogP contribution in [0.3, 0.4) is 0 Å². The second kappa shape index (κ2) is 8.02. The number of aromatic amines is 1. The van der Waals surface area contributed by atoms with Gasteiger partial charge in [0.1, 0.15) is 28.9 Å². The molecule has 2 aliphatic rings. The van der Waals surface area contributed by atoms with Gasteiger partial charge >= 0.3 is 0 Å². The van der Waals surface area contributed by atoms with Gasteiger partial charge in [-0.2, -0.15) is 5.10 Å². The first kappa shape index (κ1) is 20.5. The highest BCUT2D eigenvalue weighted by atomic mass is 16.5. The molecule has 5 heterocycles. The number of amides is 1. The number of pyridine rings is 1. The second-order valence-corrected chi connectivity index (χ2v) is 8.75. The minimum atomic E-state index is -0.0195. The predicted molar refractivity (Wildman–Crippen MR) is 125 cm³/mol. The number of hydrogen-bond acceptors (Lipinski definition) is 6. The summed E-state index contributed by atoms with van der Waals surface area (Å²) in [6, 6.07) is 7.71. The largest absolute Gasteiger partial charge is 0.493 e. The monoisotopic (exact) mass is 456 g/mol. The lowest BCUT2D eigenvalue weighted by Gasteiger charge is -2.25. The summed E-state index contributed by atoms with van der Waals surface area (Å²) in [5.74, 6) is 3.86. The molecule has 4 aromatic rings. The first-order valence-corrected chi connectivity index (χ1v) is 11.3. The Morgan fingerprint density at radius 2 is 2.12 bits per heavy atom. The number of nitrogens with one attached hydrogen (secondary N) is 2. The normalized spacial score (nSPS) is 16.9. The average Bonchev–Trinajstić information content (AvgIpc) is 3.44. The highest BCUT2D eigenvalue weighted by molar-refractivity contribution is 5.93. The van der Waals surface area contributed by atoms with Gasteiger partial charge < -0.3 is 19.8 Å². The topological polar surface area (TPSA) is 107 Å². The molecule has 6 rings (SSSR count). The minimum Gasteiger partial charge on any atom is -0.493 e. The number of benzene rings is 1. The fraction of sp³-hybridized carbons (Fsp3) is 0.280. The highest BCUT2D eigenvalue weighted by Crippen LogP contribution is 2.37. The number of H-pyrrole nitrogens is 1. The van der Waals surface area contributed by atoms with Crippen LogP contribution in [-0.2, 0) is 24.7 Å². The molecule has 0 saturated heterocycles. The van der Waals surface area contributed by atoms with Gasteiger partial charge in [-0.15, -0.1) is 0 Å².